The molecule has 2 aromatic carbocycles. The Morgan fingerprint density at radius 1 is 0.935 bits per heavy atom. The molecule has 0 aromatic heterocycles. The molecule has 2 rings (SSSR count). The summed E-state index contributed by atoms with van der Waals surface area (Å²) in [5.41, 5.74) is 3.56. The fourth-order valence-electron chi connectivity index (χ4n) is 3.65. The fraction of sp³-hybridized carbons (Fsp3) is 0.481. The molecular weight excluding hydrogens is 384 g/mol. The maximum atomic E-state index is 13.3. The first kappa shape index (κ1) is 24.6. The van der Waals surface area contributed by atoms with Crippen molar-refractivity contribution in [3.8, 4) is 0 Å². The molecule has 0 aliphatic rings. The zero-order chi connectivity index (χ0) is 23.0. The Bertz CT molecular complexity index is 836. The van der Waals surface area contributed by atoms with Crippen molar-refractivity contribution in [2.24, 2.45) is 0 Å². The van der Waals surface area contributed by atoms with Crippen LogP contribution in [0, 0.1) is 0 Å². The zero-order valence-electron chi connectivity index (χ0n) is 19.9. The van der Waals surface area contributed by atoms with Crippen LogP contribution in [0.5, 0.6) is 0 Å². The fourth-order valence-corrected chi connectivity index (χ4v) is 3.65. The van der Waals surface area contributed by atoms with E-state index in [-0.39, 0.29) is 23.3 Å². The Morgan fingerprint density at radius 2 is 1.55 bits per heavy atom. The minimum atomic E-state index is -0.474. The molecule has 0 bridgehead atoms. The third kappa shape index (κ3) is 7.54. The lowest BCUT2D eigenvalue weighted by molar-refractivity contribution is -0.141. The highest BCUT2D eigenvalue weighted by Gasteiger charge is 2.28. The van der Waals surface area contributed by atoms with Gasteiger partial charge in [0.15, 0.2) is 0 Å². The van der Waals surface area contributed by atoms with Gasteiger partial charge < -0.3 is 10.2 Å². The molecule has 0 radical (unpaired) electrons. The van der Waals surface area contributed by atoms with Gasteiger partial charge in [-0.25, -0.2) is 0 Å². The standard InChI is InChI=1S/C27H38N2O2/c1-7-24(26(31)28-20(2)3)29(19-22-11-9-8-10-12-22)25(30)18-15-21-13-16-23(17-14-21)27(4,5)6/h8-14,16-17,20,24H,7,15,18-19H2,1-6H3,(H,28,31)/t24-/m1/s1. The largest absolute Gasteiger partial charge is 0.352 e. The van der Waals surface area contributed by atoms with E-state index in [1.54, 1.807) is 4.90 Å². The van der Waals surface area contributed by atoms with Gasteiger partial charge in [0.2, 0.25) is 11.8 Å². The molecule has 2 aromatic rings. The number of aryl methyl sites for hydroxylation is 1. The monoisotopic (exact) mass is 422 g/mol. The smallest absolute Gasteiger partial charge is 0.243 e. The Morgan fingerprint density at radius 3 is 2.06 bits per heavy atom. The summed E-state index contributed by atoms with van der Waals surface area (Å²) in [5.74, 6) is -0.0779. The molecule has 0 unspecified atom stereocenters. The Hall–Kier alpha value is -2.62. The van der Waals surface area contributed by atoms with E-state index < -0.39 is 6.04 Å². The van der Waals surface area contributed by atoms with E-state index in [2.05, 4.69) is 50.4 Å². The van der Waals surface area contributed by atoms with Gasteiger partial charge in [0.1, 0.15) is 6.04 Å². The molecule has 31 heavy (non-hydrogen) atoms. The van der Waals surface area contributed by atoms with E-state index in [9.17, 15) is 9.59 Å². The minimum absolute atomic E-state index is 0.00880. The van der Waals surface area contributed by atoms with Crippen LogP contribution in [0.1, 0.15) is 71.1 Å². The maximum absolute atomic E-state index is 13.3. The lowest BCUT2D eigenvalue weighted by atomic mass is 9.86. The molecule has 0 aliphatic heterocycles. The molecule has 4 nitrogen and oxygen atoms in total. The van der Waals surface area contributed by atoms with Gasteiger partial charge in [0.25, 0.3) is 0 Å². The van der Waals surface area contributed by atoms with Crippen molar-refractivity contribution < 1.29 is 9.59 Å². The van der Waals surface area contributed by atoms with Crippen LogP contribution in [0.2, 0.25) is 0 Å². The molecule has 1 N–H and O–H groups in total. The second kappa shape index (κ2) is 11.1. The van der Waals surface area contributed by atoms with Gasteiger partial charge in [-0.1, -0.05) is 82.3 Å². The van der Waals surface area contributed by atoms with Crippen LogP contribution >= 0.6 is 0 Å². The van der Waals surface area contributed by atoms with Gasteiger partial charge in [-0.05, 0) is 48.8 Å². The second-order valence-corrected chi connectivity index (χ2v) is 9.54. The topological polar surface area (TPSA) is 49.4 Å². The van der Waals surface area contributed by atoms with Gasteiger partial charge in [0, 0.05) is 19.0 Å². The van der Waals surface area contributed by atoms with Crippen LogP contribution in [0.25, 0.3) is 0 Å². The highest BCUT2D eigenvalue weighted by atomic mass is 16.2. The summed E-state index contributed by atoms with van der Waals surface area (Å²) >= 11 is 0. The molecular formula is C27H38N2O2. The van der Waals surface area contributed by atoms with Crippen LogP contribution in [-0.2, 0) is 28.0 Å². The molecule has 0 spiro atoms. The van der Waals surface area contributed by atoms with Crippen LogP contribution < -0.4 is 5.32 Å². The van der Waals surface area contributed by atoms with E-state index >= 15 is 0 Å². The van der Waals surface area contributed by atoms with Gasteiger partial charge in [-0.2, -0.15) is 0 Å². The van der Waals surface area contributed by atoms with Crippen molar-refractivity contribution in [2.75, 3.05) is 0 Å². The third-order valence-electron chi connectivity index (χ3n) is 5.46. The number of carbonyl (C=O) groups excluding carboxylic acids is 2. The van der Waals surface area contributed by atoms with E-state index in [0.717, 1.165) is 11.1 Å². The van der Waals surface area contributed by atoms with Crippen molar-refractivity contribution in [3.63, 3.8) is 0 Å². The molecule has 0 saturated carbocycles. The number of nitrogens with one attached hydrogen (secondary N) is 1. The summed E-state index contributed by atoms with van der Waals surface area (Å²) in [7, 11) is 0. The van der Waals surface area contributed by atoms with Crippen molar-refractivity contribution in [1.29, 1.82) is 0 Å². The van der Waals surface area contributed by atoms with Gasteiger partial charge in [0.05, 0.1) is 0 Å². The summed E-state index contributed by atoms with van der Waals surface area (Å²) < 4.78 is 0. The summed E-state index contributed by atoms with van der Waals surface area (Å²) in [6.07, 6.45) is 1.63. The first-order chi connectivity index (χ1) is 14.6. The lowest BCUT2D eigenvalue weighted by Crippen LogP contribution is -2.50. The number of rotatable bonds is 9. The van der Waals surface area contributed by atoms with Crippen molar-refractivity contribution in [3.05, 3.63) is 71.3 Å². The average molecular weight is 423 g/mol. The van der Waals surface area contributed by atoms with Gasteiger partial charge in [-0.15, -0.1) is 0 Å². The Labute approximate surface area is 188 Å². The molecule has 4 heteroatoms. The van der Waals surface area contributed by atoms with Crippen LogP contribution in [0.15, 0.2) is 54.6 Å². The number of nitrogens with zero attached hydrogens (tertiary/aromatic N) is 1. The molecule has 0 fully saturated rings. The Kier molecular flexibility index (Phi) is 8.85. The molecule has 0 heterocycles. The highest BCUT2D eigenvalue weighted by molar-refractivity contribution is 5.87. The first-order valence-electron chi connectivity index (χ1n) is 11.3. The van der Waals surface area contributed by atoms with Crippen LogP contribution in [0.3, 0.4) is 0 Å². The third-order valence-corrected chi connectivity index (χ3v) is 5.46. The van der Waals surface area contributed by atoms with E-state index in [1.165, 1.54) is 5.56 Å². The SMILES string of the molecule is CC[C@H](C(=O)NC(C)C)N(Cc1ccccc1)C(=O)CCc1ccc(C(C)(C)C)cc1. The maximum Gasteiger partial charge on any atom is 0.243 e. The second-order valence-electron chi connectivity index (χ2n) is 9.54. The van der Waals surface area contributed by atoms with Gasteiger partial charge >= 0.3 is 0 Å². The number of hydrogen-bond donors (Lipinski definition) is 1. The number of benzene rings is 2. The molecule has 0 saturated heterocycles. The zero-order valence-corrected chi connectivity index (χ0v) is 19.9. The predicted octanol–water partition coefficient (Wildman–Crippen LogP) is 5.25. The van der Waals surface area contributed by atoms with Crippen LogP contribution in [0.4, 0.5) is 0 Å². The first-order valence-corrected chi connectivity index (χ1v) is 11.3. The molecule has 168 valence electrons. The van der Waals surface area contributed by atoms with Crippen molar-refractivity contribution >= 4 is 11.8 Å². The molecule has 1 atom stereocenters. The summed E-state index contributed by atoms with van der Waals surface area (Å²) in [4.78, 5) is 27.9. The quantitative estimate of drug-likeness (QED) is 0.600. The minimum Gasteiger partial charge on any atom is -0.352 e. The van der Waals surface area contributed by atoms with Crippen LogP contribution in [-0.4, -0.2) is 28.8 Å². The average Bonchev–Trinajstić information content (AvgIpc) is 2.71. The predicted molar refractivity (Wildman–Crippen MR) is 128 cm³/mol. The summed E-state index contributed by atoms with van der Waals surface area (Å²) in [5, 5.41) is 2.98. The van der Waals surface area contributed by atoms with Crippen molar-refractivity contribution in [2.45, 2.75) is 84.8 Å². The normalized spacial score (nSPS) is 12.5. The number of amides is 2. The number of hydrogen-bond acceptors (Lipinski definition) is 2. The summed E-state index contributed by atoms with van der Waals surface area (Å²) in [6.45, 7) is 12.9. The van der Waals surface area contributed by atoms with E-state index in [0.29, 0.717) is 25.8 Å². The molecule has 2 amide bonds. The lowest BCUT2D eigenvalue weighted by Gasteiger charge is -2.31. The number of carbonyl (C=O) groups is 2. The molecule has 0 aliphatic carbocycles. The van der Waals surface area contributed by atoms with E-state index in [4.69, 9.17) is 0 Å². The van der Waals surface area contributed by atoms with E-state index in [1.807, 2.05) is 51.1 Å². The Balaban J connectivity index is 2.15. The highest BCUT2D eigenvalue weighted by Crippen LogP contribution is 2.23. The van der Waals surface area contributed by atoms with Crippen molar-refractivity contribution in [1.82, 2.24) is 10.2 Å². The summed E-state index contributed by atoms with van der Waals surface area (Å²) in [6, 6.07) is 18.0. The van der Waals surface area contributed by atoms with Gasteiger partial charge in [-0.3, -0.25) is 9.59 Å².